The first-order valence-corrected chi connectivity index (χ1v) is 7.54. The molecule has 2 aromatic rings. The van der Waals surface area contributed by atoms with Gasteiger partial charge in [0, 0.05) is 6.04 Å². The van der Waals surface area contributed by atoms with Crippen molar-refractivity contribution in [1.29, 1.82) is 0 Å². The highest BCUT2D eigenvalue weighted by molar-refractivity contribution is 5.35. The molecule has 1 unspecified atom stereocenters. The van der Waals surface area contributed by atoms with Gasteiger partial charge >= 0.3 is 0 Å². The summed E-state index contributed by atoms with van der Waals surface area (Å²) in [6.45, 7) is 0.725. The normalized spacial score (nSPS) is 21.7. The number of hydrogen-bond acceptors (Lipinski definition) is 4. The molecule has 2 aliphatic carbocycles. The lowest BCUT2D eigenvalue weighted by Crippen LogP contribution is -2.16. The topological polar surface area (TPSA) is 51.0 Å². The lowest BCUT2D eigenvalue weighted by atomic mass is 9.83. The number of hydrogen-bond donors (Lipinski definition) is 1. The average Bonchev–Trinajstić information content (AvgIpc) is 3.21. The molecule has 1 N–H and O–H groups in total. The molecule has 1 aromatic heterocycles. The van der Waals surface area contributed by atoms with Crippen LogP contribution in [0.1, 0.15) is 54.4 Å². The standard InChI is InChI=1S/C16H19N3O/c1-2-6-13-11(4-1)5-3-7-14(13)16-18-15(19-20-16)10-17-12-8-9-12/h1-2,4,6,12,14,17H,3,5,7-10H2. The molecule has 0 amide bonds. The van der Waals surface area contributed by atoms with Gasteiger partial charge in [-0.3, -0.25) is 0 Å². The molecule has 1 heterocycles. The first kappa shape index (κ1) is 12.1. The van der Waals surface area contributed by atoms with Crippen LogP contribution in [-0.2, 0) is 13.0 Å². The molecule has 104 valence electrons. The summed E-state index contributed by atoms with van der Waals surface area (Å²) < 4.78 is 5.51. The van der Waals surface area contributed by atoms with Crippen LogP contribution in [0.5, 0.6) is 0 Å². The van der Waals surface area contributed by atoms with Crippen LogP contribution in [0.15, 0.2) is 28.8 Å². The van der Waals surface area contributed by atoms with Gasteiger partial charge in [-0.1, -0.05) is 29.4 Å². The monoisotopic (exact) mass is 269 g/mol. The Morgan fingerprint density at radius 1 is 1.20 bits per heavy atom. The lowest BCUT2D eigenvalue weighted by molar-refractivity contribution is 0.349. The predicted molar refractivity (Wildman–Crippen MR) is 75.4 cm³/mol. The largest absolute Gasteiger partial charge is 0.339 e. The minimum atomic E-state index is 0.280. The fraction of sp³-hybridized carbons (Fsp3) is 0.500. The molecule has 1 aromatic carbocycles. The van der Waals surface area contributed by atoms with Gasteiger partial charge in [-0.25, -0.2) is 0 Å². The molecule has 4 rings (SSSR count). The van der Waals surface area contributed by atoms with Crippen LogP contribution in [0.4, 0.5) is 0 Å². The first-order chi connectivity index (χ1) is 9.90. The van der Waals surface area contributed by atoms with E-state index in [9.17, 15) is 0 Å². The molecule has 1 atom stereocenters. The van der Waals surface area contributed by atoms with Crippen molar-refractivity contribution in [2.45, 2.75) is 50.6 Å². The van der Waals surface area contributed by atoms with Crippen molar-refractivity contribution in [3.05, 3.63) is 47.1 Å². The van der Waals surface area contributed by atoms with Gasteiger partial charge in [0.1, 0.15) is 0 Å². The van der Waals surface area contributed by atoms with E-state index in [0.717, 1.165) is 31.1 Å². The fourth-order valence-electron chi connectivity index (χ4n) is 3.01. The van der Waals surface area contributed by atoms with E-state index >= 15 is 0 Å². The maximum absolute atomic E-state index is 5.51. The van der Waals surface area contributed by atoms with Gasteiger partial charge < -0.3 is 9.84 Å². The van der Waals surface area contributed by atoms with Crippen molar-refractivity contribution in [1.82, 2.24) is 15.5 Å². The molecule has 0 radical (unpaired) electrons. The summed E-state index contributed by atoms with van der Waals surface area (Å²) in [7, 11) is 0. The van der Waals surface area contributed by atoms with Gasteiger partial charge in [0.2, 0.25) is 5.89 Å². The summed E-state index contributed by atoms with van der Waals surface area (Å²) >= 11 is 0. The minimum absolute atomic E-state index is 0.280. The highest BCUT2D eigenvalue weighted by atomic mass is 16.5. The Hall–Kier alpha value is -1.68. The Morgan fingerprint density at radius 3 is 3.00 bits per heavy atom. The zero-order valence-corrected chi connectivity index (χ0v) is 11.5. The van der Waals surface area contributed by atoms with E-state index in [0.29, 0.717) is 6.04 Å². The van der Waals surface area contributed by atoms with Gasteiger partial charge in [0.25, 0.3) is 0 Å². The van der Waals surface area contributed by atoms with E-state index in [-0.39, 0.29) is 5.92 Å². The molecule has 1 fully saturated rings. The third kappa shape index (κ3) is 2.36. The van der Waals surface area contributed by atoms with Crippen LogP contribution in [-0.4, -0.2) is 16.2 Å². The van der Waals surface area contributed by atoms with E-state index in [1.165, 1.54) is 30.4 Å². The second-order valence-corrected chi connectivity index (χ2v) is 5.85. The second kappa shape index (κ2) is 5.02. The van der Waals surface area contributed by atoms with E-state index in [4.69, 9.17) is 4.52 Å². The van der Waals surface area contributed by atoms with Gasteiger partial charge in [0.15, 0.2) is 5.82 Å². The zero-order chi connectivity index (χ0) is 13.4. The molecule has 0 bridgehead atoms. The third-order valence-corrected chi connectivity index (χ3v) is 4.28. The number of aromatic nitrogens is 2. The van der Waals surface area contributed by atoms with Crippen LogP contribution < -0.4 is 5.32 Å². The number of aryl methyl sites for hydroxylation is 1. The summed E-state index contributed by atoms with van der Waals surface area (Å²) in [6, 6.07) is 9.30. The van der Waals surface area contributed by atoms with E-state index in [1.54, 1.807) is 0 Å². The maximum Gasteiger partial charge on any atom is 0.234 e. The Kier molecular flexibility index (Phi) is 3.03. The van der Waals surface area contributed by atoms with Crippen molar-refractivity contribution in [3.63, 3.8) is 0 Å². The van der Waals surface area contributed by atoms with Gasteiger partial charge in [0.05, 0.1) is 12.5 Å². The first-order valence-electron chi connectivity index (χ1n) is 7.54. The van der Waals surface area contributed by atoms with Crippen molar-refractivity contribution in [3.8, 4) is 0 Å². The van der Waals surface area contributed by atoms with E-state index in [1.807, 2.05) is 0 Å². The highest BCUT2D eigenvalue weighted by Gasteiger charge is 2.27. The number of fused-ring (bicyclic) bond motifs is 1. The van der Waals surface area contributed by atoms with Crippen LogP contribution in [0.25, 0.3) is 0 Å². The smallest absolute Gasteiger partial charge is 0.234 e. The quantitative estimate of drug-likeness (QED) is 0.927. The van der Waals surface area contributed by atoms with Crippen molar-refractivity contribution < 1.29 is 4.52 Å². The summed E-state index contributed by atoms with van der Waals surface area (Å²) in [4.78, 5) is 4.59. The minimum Gasteiger partial charge on any atom is -0.339 e. The third-order valence-electron chi connectivity index (χ3n) is 4.28. The SMILES string of the molecule is c1ccc2c(c1)CCCC2c1nc(CNC2CC2)no1. The molecule has 0 aliphatic heterocycles. The maximum atomic E-state index is 5.51. The molecule has 2 aliphatic rings. The molecule has 4 heteroatoms. The van der Waals surface area contributed by atoms with Gasteiger partial charge in [-0.2, -0.15) is 4.98 Å². The number of nitrogens with zero attached hydrogens (tertiary/aromatic N) is 2. The Balaban J connectivity index is 1.55. The molecule has 4 nitrogen and oxygen atoms in total. The van der Waals surface area contributed by atoms with Crippen LogP contribution in [0, 0.1) is 0 Å². The number of benzene rings is 1. The lowest BCUT2D eigenvalue weighted by Gasteiger charge is -2.22. The zero-order valence-electron chi connectivity index (χ0n) is 11.5. The van der Waals surface area contributed by atoms with Crippen LogP contribution in [0.2, 0.25) is 0 Å². The predicted octanol–water partition coefficient (Wildman–Crippen LogP) is 2.79. The summed E-state index contributed by atoms with van der Waals surface area (Å²) in [5.41, 5.74) is 2.80. The summed E-state index contributed by atoms with van der Waals surface area (Å²) in [6.07, 6.45) is 6.02. The fourth-order valence-corrected chi connectivity index (χ4v) is 3.01. The Labute approximate surface area is 118 Å². The van der Waals surface area contributed by atoms with Gasteiger partial charge in [-0.05, 0) is 43.2 Å². The second-order valence-electron chi connectivity index (χ2n) is 5.85. The van der Waals surface area contributed by atoms with Gasteiger partial charge in [-0.15, -0.1) is 0 Å². The highest BCUT2D eigenvalue weighted by Crippen LogP contribution is 2.35. The van der Waals surface area contributed by atoms with Crippen molar-refractivity contribution >= 4 is 0 Å². The molecule has 0 spiro atoms. The Morgan fingerprint density at radius 2 is 2.10 bits per heavy atom. The van der Waals surface area contributed by atoms with Crippen LogP contribution in [0.3, 0.4) is 0 Å². The average molecular weight is 269 g/mol. The van der Waals surface area contributed by atoms with Crippen molar-refractivity contribution in [2.75, 3.05) is 0 Å². The van der Waals surface area contributed by atoms with E-state index in [2.05, 4.69) is 39.7 Å². The van der Waals surface area contributed by atoms with Crippen molar-refractivity contribution in [2.24, 2.45) is 0 Å². The van der Waals surface area contributed by atoms with E-state index < -0.39 is 0 Å². The molecule has 0 saturated heterocycles. The molecular formula is C16H19N3O. The molecule has 1 saturated carbocycles. The summed E-state index contributed by atoms with van der Waals surface area (Å²) in [5, 5.41) is 7.54. The Bertz CT molecular complexity index is 603. The number of rotatable bonds is 4. The van der Waals surface area contributed by atoms with Crippen LogP contribution >= 0.6 is 0 Å². The molecule has 20 heavy (non-hydrogen) atoms. The summed E-state index contributed by atoms with van der Waals surface area (Å²) in [5.74, 6) is 1.85. The molecular weight excluding hydrogens is 250 g/mol. The number of nitrogens with one attached hydrogen (secondary N) is 1.